The van der Waals surface area contributed by atoms with Gasteiger partial charge in [-0.05, 0) is 47.9 Å². The number of aromatic nitrogens is 3. The molecule has 0 fully saturated rings. The van der Waals surface area contributed by atoms with Gasteiger partial charge in [0.25, 0.3) is 0 Å². The van der Waals surface area contributed by atoms with Gasteiger partial charge in [-0.1, -0.05) is 72.8 Å². The molecule has 8 rings (SSSR count). The van der Waals surface area contributed by atoms with E-state index in [4.69, 9.17) is 4.98 Å². The molecule has 0 saturated heterocycles. The Kier molecular flexibility index (Phi) is 3.39. The van der Waals surface area contributed by atoms with Crippen molar-refractivity contribution in [1.29, 1.82) is 0 Å². The number of hydrogen-bond acceptors (Lipinski definition) is 1. The lowest BCUT2D eigenvalue weighted by Gasteiger charge is -2.12. The largest absolute Gasteiger partial charge is 0.309 e. The number of hydrogen-bond donors (Lipinski definition) is 0. The number of nitrogens with zero attached hydrogens (tertiary/aromatic N) is 3. The Morgan fingerprint density at radius 3 is 1.71 bits per heavy atom. The van der Waals surface area contributed by atoms with Gasteiger partial charge in [0.15, 0.2) is 0 Å². The van der Waals surface area contributed by atoms with Crippen molar-refractivity contribution in [1.82, 2.24) is 14.0 Å². The van der Waals surface area contributed by atoms with E-state index in [0.29, 0.717) is 0 Å². The molecule has 0 aliphatic heterocycles. The summed E-state index contributed by atoms with van der Waals surface area (Å²) in [5, 5.41) is 6.17. The Morgan fingerprint density at radius 2 is 1.00 bits per heavy atom. The van der Waals surface area contributed by atoms with Crippen LogP contribution in [0.15, 0.2) is 115 Å². The average molecular weight is 434 g/mol. The van der Waals surface area contributed by atoms with E-state index in [1.54, 1.807) is 0 Å². The fourth-order valence-corrected chi connectivity index (χ4v) is 5.64. The maximum absolute atomic E-state index is 5.09. The molecule has 8 aromatic rings. The highest BCUT2D eigenvalue weighted by molar-refractivity contribution is 6.15. The van der Waals surface area contributed by atoms with Crippen LogP contribution in [0.5, 0.6) is 0 Å². The maximum atomic E-state index is 5.09. The van der Waals surface area contributed by atoms with Crippen LogP contribution in [0.4, 0.5) is 0 Å². The van der Waals surface area contributed by atoms with Crippen LogP contribution in [-0.4, -0.2) is 14.0 Å². The normalized spacial score (nSPS) is 12.1. The molecule has 3 nitrogen and oxygen atoms in total. The lowest BCUT2D eigenvalue weighted by atomic mass is 10.0. The van der Waals surface area contributed by atoms with E-state index in [-0.39, 0.29) is 0 Å². The number of para-hydroxylation sites is 5. The number of imidazole rings is 1. The van der Waals surface area contributed by atoms with Crippen LogP contribution in [0.3, 0.4) is 0 Å². The molecule has 3 heterocycles. The van der Waals surface area contributed by atoms with Crippen molar-refractivity contribution in [3.8, 4) is 5.69 Å². The van der Waals surface area contributed by atoms with Gasteiger partial charge in [0.1, 0.15) is 5.65 Å². The van der Waals surface area contributed by atoms with E-state index in [1.807, 2.05) is 0 Å². The van der Waals surface area contributed by atoms with Crippen LogP contribution >= 0.6 is 0 Å². The summed E-state index contributed by atoms with van der Waals surface area (Å²) in [7, 11) is 0. The Balaban J connectivity index is 1.57. The minimum Gasteiger partial charge on any atom is -0.309 e. The van der Waals surface area contributed by atoms with Gasteiger partial charge < -0.3 is 4.57 Å². The summed E-state index contributed by atoms with van der Waals surface area (Å²) in [6.45, 7) is 0. The molecular weight excluding hydrogens is 414 g/mol. The van der Waals surface area contributed by atoms with E-state index >= 15 is 0 Å². The number of rotatable bonds is 1. The molecule has 0 saturated carbocycles. The molecule has 0 aliphatic carbocycles. The molecule has 0 N–H and O–H groups in total. The summed E-state index contributed by atoms with van der Waals surface area (Å²) in [4.78, 5) is 5.09. The fraction of sp³-hybridized carbons (Fsp3) is 0. The molecule has 5 aromatic carbocycles. The minimum atomic E-state index is 0.998. The van der Waals surface area contributed by atoms with Gasteiger partial charge in [-0.15, -0.1) is 0 Å². The Labute approximate surface area is 195 Å². The van der Waals surface area contributed by atoms with Crippen LogP contribution in [0.2, 0.25) is 0 Å². The van der Waals surface area contributed by atoms with Crippen LogP contribution in [0.25, 0.3) is 65.8 Å². The van der Waals surface area contributed by atoms with Crippen LogP contribution in [0, 0.1) is 0 Å². The van der Waals surface area contributed by atoms with E-state index in [1.165, 1.54) is 38.1 Å². The second-order valence-electron chi connectivity index (χ2n) is 8.88. The van der Waals surface area contributed by atoms with Crippen LogP contribution in [-0.2, 0) is 0 Å². The summed E-state index contributed by atoms with van der Waals surface area (Å²) in [5.74, 6) is 0. The third-order valence-corrected chi connectivity index (χ3v) is 7.08. The third kappa shape index (κ3) is 2.23. The minimum absolute atomic E-state index is 0.998. The summed E-state index contributed by atoms with van der Waals surface area (Å²) >= 11 is 0. The molecule has 0 unspecified atom stereocenters. The molecule has 0 bridgehead atoms. The lowest BCUT2D eigenvalue weighted by Crippen LogP contribution is -1.96. The highest BCUT2D eigenvalue weighted by Crippen LogP contribution is 2.36. The zero-order valence-corrected chi connectivity index (χ0v) is 18.3. The van der Waals surface area contributed by atoms with Gasteiger partial charge in [-0.3, -0.25) is 4.40 Å². The maximum Gasteiger partial charge on any atom is 0.146 e. The van der Waals surface area contributed by atoms with Crippen molar-refractivity contribution in [2.24, 2.45) is 0 Å². The SMILES string of the molecule is c1ccc2c(c1)nc1c3cc(-n4c5ccccc5c5ccccc54)ccc3c3ccccc3n21. The summed E-state index contributed by atoms with van der Waals surface area (Å²) in [6.07, 6.45) is 0. The molecule has 0 aliphatic rings. The molecule has 0 spiro atoms. The molecule has 0 atom stereocenters. The monoisotopic (exact) mass is 433 g/mol. The summed E-state index contributed by atoms with van der Waals surface area (Å²) < 4.78 is 4.68. The second-order valence-corrected chi connectivity index (χ2v) is 8.88. The highest BCUT2D eigenvalue weighted by Gasteiger charge is 2.16. The summed E-state index contributed by atoms with van der Waals surface area (Å²) in [5.41, 5.74) is 7.91. The van der Waals surface area contributed by atoms with Crippen molar-refractivity contribution in [3.63, 3.8) is 0 Å². The Hall–Kier alpha value is -4.63. The Bertz CT molecular complexity index is 2020. The van der Waals surface area contributed by atoms with Crippen LogP contribution in [0.1, 0.15) is 0 Å². The van der Waals surface area contributed by atoms with E-state index in [0.717, 1.165) is 27.8 Å². The van der Waals surface area contributed by atoms with Gasteiger partial charge in [0, 0.05) is 27.2 Å². The highest BCUT2D eigenvalue weighted by atomic mass is 15.0. The lowest BCUT2D eigenvalue weighted by molar-refractivity contribution is 1.18. The van der Waals surface area contributed by atoms with Crippen molar-refractivity contribution < 1.29 is 0 Å². The van der Waals surface area contributed by atoms with Crippen LogP contribution < -0.4 is 0 Å². The molecule has 3 heteroatoms. The zero-order chi connectivity index (χ0) is 22.2. The zero-order valence-electron chi connectivity index (χ0n) is 18.3. The third-order valence-electron chi connectivity index (χ3n) is 7.08. The Morgan fingerprint density at radius 1 is 0.441 bits per heavy atom. The molecule has 158 valence electrons. The van der Waals surface area contributed by atoms with Crippen molar-refractivity contribution in [2.75, 3.05) is 0 Å². The molecular formula is C31H19N3. The number of fused-ring (bicyclic) bond motifs is 11. The molecule has 0 amide bonds. The second kappa shape index (κ2) is 6.46. The van der Waals surface area contributed by atoms with Gasteiger partial charge in [0.05, 0.1) is 27.6 Å². The van der Waals surface area contributed by atoms with Gasteiger partial charge >= 0.3 is 0 Å². The number of pyridine rings is 1. The van der Waals surface area contributed by atoms with E-state index in [9.17, 15) is 0 Å². The predicted octanol–water partition coefficient (Wildman–Crippen LogP) is 7.89. The van der Waals surface area contributed by atoms with E-state index < -0.39 is 0 Å². The molecule has 0 radical (unpaired) electrons. The average Bonchev–Trinajstić information content (AvgIpc) is 3.45. The first-order valence-corrected chi connectivity index (χ1v) is 11.6. The molecule has 3 aromatic heterocycles. The quantitative estimate of drug-likeness (QED) is 0.241. The van der Waals surface area contributed by atoms with Crippen molar-refractivity contribution in [2.45, 2.75) is 0 Å². The predicted molar refractivity (Wildman–Crippen MR) is 142 cm³/mol. The summed E-state index contributed by atoms with van der Waals surface area (Å²) in [6, 6.07) is 41.1. The molecule has 34 heavy (non-hydrogen) atoms. The number of benzene rings is 5. The van der Waals surface area contributed by atoms with Gasteiger partial charge in [-0.25, -0.2) is 4.98 Å². The first-order chi connectivity index (χ1) is 16.9. The van der Waals surface area contributed by atoms with E-state index in [2.05, 4.69) is 124 Å². The first-order valence-electron chi connectivity index (χ1n) is 11.6. The van der Waals surface area contributed by atoms with Gasteiger partial charge in [-0.2, -0.15) is 0 Å². The van der Waals surface area contributed by atoms with Gasteiger partial charge in [0.2, 0.25) is 0 Å². The first kappa shape index (κ1) is 17.9. The fourth-order valence-electron chi connectivity index (χ4n) is 5.64. The van der Waals surface area contributed by atoms with Crippen molar-refractivity contribution >= 4 is 60.2 Å². The van der Waals surface area contributed by atoms with Crippen molar-refractivity contribution in [3.05, 3.63) is 115 Å². The standard InChI is InChI=1S/C31H19N3/c1-7-15-29-22(9-1)21-18-17-20(19-25(21)31-32-26-12-4-8-16-30(26)34(29)31)33-27-13-5-2-10-23(27)24-11-3-6-14-28(24)33/h1-19H. The smallest absolute Gasteiger partial charge is 0.146 e. The topological polar surface area (TPSA) is 22.2 Å².